The lowest BCUT2D eigenvalue weighted by molar-refractivity contribution is -0.154. The minimum Gasteiger partial charge on any atom is -0.465 e. The molecule has 4 rings (SSSR count). The molecule has 10 heteroatoms. The van der Waals surface area contributed by atoms with Gasteiger partial charge in [-0.05, 0) is 44.0 Å². The summed E-state index contributed by atoms with van der Waals surface area (Å²) in [7, 11) is 0. The zero-order valence-electron chi connectivity index (χ0n) is 20.0. The molecule has 3 aliphatic rings. The first-order valence-corrected chi connectivity index (χ1v) is 14.1. The molecule has 1 spiro atoms. The molecule has 3 fully saturated rings. The normalized spacial score (nSPS) is 31.2. The predicted molar refractivity (Wildman–Crippen MR) is 145 cm³/mol. The molecule has 194 valence electrons. The molecule has 3 saturated heterocycles. The quantitative estimate of drug-likeness (QED) is 0.191. The first kappa shape index (κ1) is 27.2. The van der Waals surface area contributed by atoms with E-state index < -0.39 is 34.6 Å². The molecule has 0 saturated carbocycles. The van der Waals surface area contributed by atoms with Gasteiger partial charge in [-0.1, -0.05) is 39.7 Å². The fourth-order valence-electron chi connectivity index (χ4n) is 5.74. The van der Waals surface area contributed by atoms with Crippen molar-refractivity contribution in [2.45, 2.75) is 46.7 Å². The number of thioether (sulfide) groups is 1. The first-order valence-electron chi connectivity index (χ1n) is 11.9. The summed E-state index contributed by atoms with van der Waals surface area (Å²) < 4.78 is 4.69. The Labute approximate surface area is 229 Å². The highest BCUT2D eigenvalue weighted by Gasteiger charge is 2.76. The SMILES string of the molecule is C=CCCOC(=O)[C@H]1[C@@H]2SC3(CC2Br)C(C(=O)N(CC=C)c2ccc(Cl)cc2)N([C@H](C)CO)C(=O)[C@H]13. The van der Waals surface area contributed by atoms with Crippen LogP contribution >= 0.6 is 39.3 Å². The molecule has 36 heavy (non-hydrogen) atoms. The Morgan fingerprint density at radius 1 is 1.36 bits per heavy atom. The van der Waals surface area contributed by atoms with Gasteiger partial charge in [0.05, 0.1) is 35.8 Å². The van der Waals surface area contributed by atoms with Crippen LogP contribution in [0.3, 0.4) is 0 Å². The minimum absolute atomic E-state index is 0.0634. The Bertz CT molecular complexity index is 1060. The van der Waals surface area contributed by atoms with Gasteiger partial charge in [-0.2, -0.15) is 0 Å². The van der Waals surface area contributed by atoms with Crippen molar-refractivity contribution in [3.05, 3.63) is 54.6 Å². The number of esters is 1. The van der Waals surface area contributed by atoms with Crippen molar-refractivity contribution >= 4 is 62.8 Å². The molecule has 2 bridgehead atoms. The second-order valence-electron chi connectivity index (χ2n) is 9.40. The molecule has 0 radical (unpaired) electrons. The van der Waals surface area contributed by atoms with Crippen LogP contribution in [0, 0.1) is 11.8 Å². The van der Waals surface area contributed by atoms with Crippen molar-refractivity contribution in [2.75, 3.05) is 24.7 Å². The zero-order valence-corrected chi connectivity index (χ0v) is 23.2. The van der Waals surface area contributed by atoms with E-state index >= 15 is 0 Å². The highest BCUT2D eigenvalue weighted by atomic mass is 79.9. The molecular weight excluding hydrogens is 568 g/mol. The van der Waals surface area contributed by atoms with Crippen LogP contribution in [0.15, 0.2) is 49.6 Å². The van der Waals surface area contributed by atoms with Crippen LogP contribution in [0.25, 0.3) is 0 Å². The number of nitrogens with zero attached hydrogens (tertiary/aromatic N) is 2. The third-order valence-corrected chi connectivity index (χ3v) is 10.7. The number of anilines is 1. The Kier molecular flexibility index (Phi) is 8.24. The smallest absolute Gasteiger partial charge is 0.310 e. The number of likely N-dealkylation sites (tertiary alicyclic amines) is 1. The highest BCUT2D eigenvalue weighted by molar-refractivity contribution is 9.09. The molecule has 0 aromatic heterocycles. The van der Waals surface area contributed by atoms with Crippen LogP contribution in [0.1, 0.15) is 19.8 Å². The summed E-state index contributed by atoms with van der Waals surface area (Å²) in [4.78, 5) is 44.5. The molecule has 1 aromatic carbocycles. The monoisotopic (exact) mass is 596 g/mol. The standard InChI is InChI=1S/C26H30BrClN2O5S/c1-4-6-12-35-25(34)19-20-23(32)30(15(3)14-31)22(26(20)13-18(27)21(19)36-26)24(33)29(11-5-2)17-9-7-16(28)8-10-17/h4-5,7-10,15,18-22,31H,1-2,6,11-14H2,3H3/t15-,18?,19-,20+,21-,22?,26?/m1/s1. The summed E-state index contributed by atoms with van der Waals surface area (Å²) in [5, 5.41) is 10.4. The molecule has 3 unspecified atom stereocenters. The number of aliphatic hydroxyl groups is 1. The number of benzene rings is 1. The van der Waals surface area contributed by atoms with E-state index in [1.807, 2.05) is 0 Å². The lowest BCUT2D eigenvalue weighted by Gasteiger charge is -2.39. The van der Waals surface area contributed by atoms with Crippen molar-refractivity contribution < 1.29 is 24.2 Å². The summed E-state index contributed by atoms with van der Waals surface area (Å²) in [6, 6.07) is 5.44. The third-order valence-electron chi connectivity index (χ3n) is 7.25. The number of halogens is 2. The molecule has 7 nitrogen and oxygen atoms in total. The number of carbonyl (C=O) groups is 3. The van der Waals surface area contributed by atoms with E-state index in [-0.39, 0.29) is 41.6 Å². The van der Waals surface area contributed by atoms with Crippen LogP contribution < -0.4 is 4.90 Å². The van der Waals surface area contributed by atoms with Crippen LogP contribution in [0.5, 0.6) is 0 Å². The lowest BCUT2D eigenvalue weighted by atomic mass is 9.71. The number of fused-ring (bicyclic) bond motifs is 1. The molecule has 3 aliphatic heterocycles. The largest absolute Gasteiger partial charge is 0.465 e. The number of ether oxygens (including phenoxy) is 1. The number of hydrogen-bond acceptors (Lipinski definition) is 6. The van der Waals surface area contributed by atoms with Gasteiger partial charge in [-0.3, -0.25) is 14.4 Å². The van der Waals surface area contributed by atoms with Crippen LogP contribution in [-0.4, -0.2) is 74.5 Å². The van der Waals surface area contributed by atoms with E-state index in [0.717, 1.165) is 0 Å². The lowest BCUT2D eigenvalue weighted by Crippen LogP contribution is -2.57. The van der Waals surface area contributed by atoms with Crippen molar-refractivity contribution in [2.24, 2.45) is 11.8 Å². The number of alkyl halides is 1. The second-order valence-corrected chi connectivity index (χ2v) is 12.6. The number of carbonyl (C=O) groups excluding carboxylic acids is 3. The Balaban J connectivity index is 1.77. The van der Waals surface area contributed by atoms with Gasteiger partial charge >= 0.3 is 5.97 Å². The average molecular weight is 598 g/mol. The summed E-state index contributed by atoms with van der Waals surface area (Å²) in [5.74, 6) is -2.38. The fraction of sp³-hybridized carbons (Fsp3) is 0.500. The van der Waals surface area contributed by atoms with E-state index in [0.29, 0.717) is 23.6 Å². The predicted octanol–water partition coefficient (Wildman–Crippen LogP) is 3.82. The molecular formula is C26H30BrClN2O5S. The van der Waals surface area contributed by atoms with Gasteiger partial charge in [0, 0.05) is 27.3 Å². The molecule has 3 heterocycles. The van der Waals surface area contributed by atoms with Crippen LogP contribution in [-0.2, 0) is 19.1 Å². The van der Waals surface area contributed by atoms with Crippen molar-refractivity contribution in [3.63, 3.8) is 0 Å². The zero-order chi connectivity index (χ0) is 26.2. The Morgan fingerprint density at radius 2 is 2.06 bits per heavy atom. The summed E-state index contributed by atoms with van der Waals surface area (Å²) in [6.45, 7) is 9.30. The maximum Gasteiger partial charge on any atom is 0.310 e. The average Bonchev–Trinajstić information content (AvgIpc) is 3.45. The molecule has 7 atom stereocenters. The van der Waals surface area contributed by atoms with Gasteiger partial charge in [-0.25, -0.2) is 0 Å². The van der Waals surface area contributed by atoms with E-state index in [1.54, 1.807) is 48.2 Å². The number of aliphatic hydroxyl groups excluding tert-OH is 1. The molecule has 1 N–H and O–H groups in total. The summed E-state index contributed by atoms with van der Waals surface area (Å²) in [5.41, 5.74) is 0.626. The summed E-state index contributed by atoms with van der Waals surface area (Å²) >= 11 is 11.3. The van der Waals surface area contributed by atoms with E-state index in [9.17, 15) is 19.5 Å². The fourth-order valence-corrected chi connectivity index (χ4v) is 9.44. The van der Waals surface area contributed by atoms with Gasteiger partial charge in [0.15, 0.2) is 0 Å². The van der Waals surface area contributed by atoms with Gasteiger partial charge in [0.25, 0.3) is 5.91 Å². The van der Waals surface area contributed by atoms with Gasteiger partial charge in [0.2, 0.25) is 5.91 Å². The minimum atomic E-state index is -0.867. The first-order chi connectivity index (χ1) is 17.2. The van der Waals surface area contributed by atoms with Crippen LogP contribution in [0.4, 0.5) is 5.69 Å². The molecule has 0 aliphatic carbocycles. The van der Waals surface area contributed by atoms with E-state index in [2.05, 4.69) is 29.1 Å². The van der Waals surface area contributed by atoms with Crippen molar-refractivity contribution in [3.8, 4) is 0 Å². The molecule has 1 aromatic rings. The third kappa shape index (κ3) is 4.42. The van der Waals surface area contributed by atoms with Gasteiger partial charge in [-0.15, -0.1) is 24.9 Å². The second kappa shape index (κ2) is 10.9. The number of amides is 2. The Hall–Kier alpha value is -1.81. The summed E-state index contributed by atoms with van der Waals surface area (Å²) in [6.07, 6.45) is 4.36. The number of hydrogen-bond donors (Lipinski definition) is 1. The van der Waals surface area contributed by atoms with Crippen molar-refractivity contribution in [1.29, 1.82) is 0 Å². The van der Waals surface area contributed by atoms with Gasteiger partial charge in [0.1, 0.15) is 6.04 Å². The highest BCUT2D eigenvalue weighted by Crippen LogP contribution is 2.68. The van der Waals surface area contributed by atoms with Gasteiger partial charge < -0.3 is 19.6 Å². The maximum absolute atomic E-state index is 14.3. The van der Waals surface area contributed by atoms with E-state index in [4.69, 9.17) is 16.3 Å². The molecule has 2 amide bonds. The van der Waals surface area contributed by atoms with Crippen LogP contribution in [0.2, 0.25) is 5.02 Å². The van der Waals surface area contributed by atoms with E-state index in [1.165, 1.54) is 16.7 Å². The van der Waals surface area contributed by atoms with Crippen molar-refractivity contribution in [1.82, 2.24) is 4.90 Å². The topological polar surface area (TPSA) is 87.2 Å². The maximum atomic E-state index is 14.3. The number of rotatable bonds is 10. The Morgan fingerprint density at radius 3 is 2.67 bits per heavy atom.